The second-order valence-electron chi connectivity index (χ2n) is 4.46. The summed E-state index contributed by atoms with van der Waals surface area (Å²) in [7, 11) is 4.87. The van der Waals surface area contributed by atoms with Crippen LogP contribution in [0.25, 0.3) is 0 Å². The highest BCUT2D eigenvalue weighted by atomic mass is 79.9. The van der Waals surface area contributed by atoms with E-state index in [0.717, 1.165) is 21.3 Å². The molecule has 0 amide bonds. The first kappa shape index (κ1) is 15.7. The molecule has 0 heterocycles. The van der Waals surface area contributed by atoms with Crippen molar-refractivity contribution >= 4 is 15.9 Å². The topological polar surface area (TPSA) is 53.7 Å². The van der Waals surface area contributed by atoms with Crippen LogP contribution in [0.3, 0.4) is 0 Å². The van der Waals surface area contributed by atoms with Gasteiger partial charge in [-0.1, -0.05) is 12.1 Å². The van der Waals surface area contributed by atoms with Crippen LogP contribution in [0.2, 0.25) is 0 Å². The molecular formula is C16H18BrNO3. The van der Waals surface area contributed by atoms with E-state index < -0.39 is 0 Å². The standard InChI is InChI=1S/C16H18BrNO3/c1-19-11-6-4-10(5-7-11)15(18)12-8-9-13(20-2)14(17)16(12)21-3/h4-9,15H,18H2,1-3H3. The van der Waals surface area contributed by atoms with Crippen molar-refractivity contribution in [2.75, 3.05) is 21.3 Å². The Morgan fingerprint density at radius 2 is 1.57 bits per heavy atom. The number of methoxy groups -OCH3 is 3. The average molecular weight is 352 g/mol. The van der Waals surface area contributed by atoms with Crippen LogP contribution >= 0.6 is 15.9 Å². The lowest BCUT2D eigenvalue weighted by molar-refractivity contribution is 0.385. The molecule has 0 saturated heterocycles. The van der Waals surface area contributed by atoms with Gasteiger partial charge in [0.2, 0.25) is 0 Å². The molecule has 2 N–H and O–H groups in total. The highest BCUT2D eigenvalue weighted by Crippen LogP contribution is 2.40. The highest BCUT2D eigenvalue weighted by Gasteiger charge is 2.19. The molecule has 0 aliphatic carbocycles. The molecule has 2 aromatic carbocycles. The number of rotatable bonds is 5. The van der Waals surface area contributed by atoms with E-state index in [0.29, 0.717) is 11.5 Å². The van der Waals surface area contributed by atoms with Gasteiger partial charge in [-0.3, -0.25) is 0 Å². The minimum atomic E-state index is -0.298. The third kappa shape index (κ3) is 3.14. The second kappa shape index (κ2) is 6.83. The molecule has 0 radical (unpaired) electrons. The molecule has 1 atom stereocenters. The zero-order chi connectivity index (χ0) is 15.4. The minimum Gasteiger partial charge on any atom is -0.497 e. The Labute approximate surface area is 132 Å². The van der Waals surface area contributed by atoms with E-state index in [-0.39, 0.29) is 6.04 Å². The van der Waals surface area contributed by atoms with Gasteiger partial charge in [0.05, 0.1) is 27.4 Å². The molecule has 112 valence electrons. The van der Waals surface area contributed by atoms with Crippen molar-refractivity contribution in [2.24, 2.45) is 5.73 Å². The molecule has 2 rings (SSSR count). The number of ether oxygens (including phenoxy) is 3. The van der Waals surface area contributed by atoms with Crippen LogP contribution in [0, 0.1) is 0 Å². The molecule has 0 fully saturated rings. The molecule has 4 nitrogen and oxygen atoms in total. The highest BCUT2D eigenvalue weighted by molar-refractivity contribution is 9.10. The molecule has 2 aromatic rings. The van der Waals surface area contributed by atoms with E-state index >= 15 is 0 Å². The molecule has 0 bridgehead atoms. The lowest BCUT2D eigenvalue weighted by Crippen LogP contribution is -2.13. The summed E-state index contributed by atoms with van der Waals surface area (Å²) in [4.78, 5) is 0. The zero-order valence-electron chi connectivity index (χ0n) is 12.2. The first-order valence-electron chi connectivity index (χ1n) is 6.42. The summed E-state index contributed by atoms with van der Waals surface area (Å²) >= 11 is 3.49. The SMILES string of the molecule is COc1ccc(C(N)c2ccc(OC)c(Br)c2OC)cc1. The maximum Gasteiger partial charge on any atom is 0.141 e. The van der Waals surface area contributed by atoms with Crippen LogP contribution in [0.4, 0.5) is 0 Å². The lowest BCUT2D eigenvalue weighted by atomic mass is 9.98. The van der Waals surface area contributed by atoms with E-state index in [1.807, 2.05) is 36.4 Å². The largest absolute Gasteiger partial charge is 0.497 e. The van der Waals surface area contributed by atoms with Gasteiger partial charge in [-0.15, -0.1) is 0 Å². The normalized spacial score (nSPS) is 11.9. The number of benzene rings is 2. The van der Waals surface area contributed by atoms with Crippen LogP contribution in [0.1, 0.15) is 17.2 Å². The van der Waals surface area contributed by atoms with Crippen LogP contribution in [0.5, 0.6) is 17.2 Å². The summed E-state index contributed by atoms with van der Waals surface area (Å²) in [6.45, 7) is 0. The van der Waals surface area contributed by atoms with Gasteiger partial charge < -0.3 is 19.9 Å². The average Bonchev–Trinajstić information content (AvgIpc) is 2.54. The molecule has 1 unspecified atom stereocenters. The predicted molar refractivity (Wildman–Crippen MR) is 86.3 cm³/mol. The molecule has 0 aromatic heterocycles. The van der Waals surface area contributed by atoms with E-state index in [1.54, 1.807) is 21.3 Å². The summed E-state index contributed by atoms with van der Waals surface area (Å²) < 4.78 is 16.7. The second-order valence-corrected chi connectivity index (χ2v) is 5.25. The zero-order valence-corrected chi connectivity index (χ0v) is 13.8. The van der Waals surface area contributed by atoms with Crippen LogP contribution in [0.15, 0.2) is 40.9 Å². The fraction of sp³-hybridized carbons (Fsp3) is 0.250. The maximum absolute atomic E-state index is 6.36. The lowest BCUT2D eigenvalue weighted by Gasteiger charge is -2.19. The van der Waals surface area contributed by atoms with Crippen molar-refractivity contribution < 1.29 is 14.2 Å². The van der Waals surface area contributed by atoms with Crippen LogP contribution in [-0.2, 0) is 0 Å². The summed E-state index contributed by atoms with van der Waals surface area (Å²) in [5.74, 6) is 2.18. The van der Waals surface area contributed by atoms with Gasteiger partial charge in [0.25, 0.3) is 0 Å². The molecule has 0 aliphatic rings. The van der Waals surface area contributed by atoms with E-state index in [4.69, 9.17) is 19.9 Å². The third-order valence-corrected chi connectivity index (χ3v) is 4.08. The quantitative estimate of drug-likeness (QED) is 0.895. The van der Waals surface area contributed by atoms with Gasteiger partial charge >= 0.3 is 0 Å². The van der Waals surface area contributed by atoms with Gasteiger partial charge in [0.1, 0.15) is 21.7 Å². The van der Waals surface area contributed by atoms with Gasteiger partial charge in [-0.25, -0.2) is 0 Å². The molecule has 0 aliphatic heterocycles. The first-order chi connectivity index (χ1) is 10.1. The number of halogens is 1. The monoisotopic (exact) mass is 351 g/mol. The van der Waals surface area contributed by atoms with Crippen LogP contribution < -0.4 is 19.9 Å². The fourth-order valence-corrected chi connectivity index (χ4v) is 2.84. The van der Waals surface area contributed by atoms with Crippen molar-refractivity contribution in [3.8, 4) is 17.2 Å². The van der Waals surface area contributed by atoms with Crippen molar-refractivity contribution in [3.63, 3.8) is 0 Å². The Hall–Kier alpha value is -1.72. The molecule has 0 spiro atoms. The number of hydrogen-bond acceptors (Lipinski definition) is 4. The van der Waals surface area contributed by atoms with Crippen molar-refractivity contribution in [3.05, 3.63) is 52.0 Å². The fourth-order valence-electron chi connectivity index (χ4n) is 2.15. The van der Waals surface area contributed by atoms with Crippen molar-refractivity contribution in [1.82, 2.24) is 0 Å². The Kier molecular flexibility index (Phi) is 5.09. The summed E-state index contributed by atoms with van der Waals surface area (Å²) in [6, 6.07) is 11.2. The van der Waals surface area contributed by atoms with Crippen molar-refractivity contribution in [2.45, 2.75) is 6.04 Å². The van der Waals surface area contributed by atoms with Gasteiger partial charge in [-0.2, -0.15) is 0 Å². The third-order valence-electron chi connectivity index (χ3n) is 3.33. The van der Waals surface area contributed by atoms with E-state index in [1.165, 1.54) is 0 Å². The predicted octanol–water partition coefficient (Wildman–Crippen LogP) is 3.52. The molecule has 0 saturated carbocycles. The smallest absolute Gasteiger partial charge is 0.141 e. The molecule has 21 heavy (non-hydrogen) atoms. The Morgan fingerprint density at radius 1 is 0.905 bits per heavy atom. The van der Waals surface area contributed by atoms with Crippen LogP contribution in [-0.4, -0.2) is 21.3 Å². The van der Waals surface area contributed by atoms with Gasteiger partial charge in [-0.05, 0) is 45.8 Å². The number of hydrogen-bond donors (Lipinski definition) is 1. The van der Waals surface area contributed by atoms with E-state index in [9.17, 15) is 0 Å². The minimum absolute atomic E-state index is 0.298. The summed E-state index contributed by atoms with van der Waals surface area (Å²) in [5, 5.41) is 0. The molecular weight excluding hydrogens is 334 g/mol. The molecule has 5 heteroatoms. The number of nitrogens with two attached hydrogens (primary N) is 1. The van der Waals surface area contributed by atoms with Gasteiger partial charge in [0.15, 0.2) is 0 Å². The Morgan fingerprint density at radius 3 is 2.10 bits per heavy atom. The van der Waals surface area contributed by atoms with E-state index in [2.05, 4.69) is 15.9 Å². The summed E-state index contributed by atoms with van der Waals surface area (Å²) in [6.07, 6.45) is 0. The van der Waals surface area contributed by atoms with Crippen molar-refractivity contribution in [1.29, 1.82) is 0 Å². The summed E-state index contributed by atoms with van der Waals surface area (Å²) in [5.41, 5.74) is 8.22. The Balaban J connectivity index is 2.42. The maximum atomic E-state index is 6.36. The first-order valence-corrected chi connectivity index (χ1v) is 7.21. The van der Waals surface area contributed by atoms with Gasteiger partial charge in [0, 0.05) is 5.56 Å². The Bertz CT molecular complexity index is 614.